The second-order valence-electron chi connectivity index (χ2n) is 7.50. The van der Waals surface area contributed by atoms with Crippen molar-refractivity contribution in [2.24, 2.45) is 0 Å². The summed E-state index contributed by atoms with van der Waals surface area (Å²) in [4.78, 5) is 42.9. The van der Waals surface area contributed by atoms with Gasteiger partial charge in [0.05, 0.1) is 12.2 Å². The van der Waals surface area contributed by atoms with Crippen LogP contribution in [0.4, 0.5) is 11.4 Å². The lowest BCUT2D eigenvalue weighted by Gasteiger charge is -2.40. The van der Waals surface area contributed by atoms with Gasteiger partial charge in [0, 0.05) is 38.1 Å². The molecule has 30 heavy (non-hydrogen) atoms. The Morgan fingerprint density at radius 1 is 1.07 bits per heavy atom. The van der Waals surface area contributed by atoms with Gasteiger partial charge in [0.25, 0.3) is 0 Å². The van der Waals surface area contributed by atoms with Crippen molar-refractivity contribution in [2.75, 3.05) is 37.3 Å². The van der Waals surface area contributed by atoms with Crippen LogP contribution in [0.3, 0.4) is 0 Å². The van der Waals surface area contributed by atoms with Gasteiger partial charge < -0.3 is 16.0 Å². The van der Waals surface area contributed by atoms with E-state index in [9.17, 15) is 14.4 Å². The predicted molar refractivity (Wildman–Crippen MR) is 115 cm³/mol. The molecule has 3 N–H and O–H groups in total. The molecular weight excluding hydrogens is 382 g/mol. The van der Waals surface area contributed by atoms with Crippen LogP contribution in [0, 0.1) is 0 Å². The van der Waals surface area contributed by atoms with E-state index >= 15 is 0 Å². The van der Waals surface area contributed by atoms with E-state index in [0.29, 0.717) is 24.3 Å². The number of nitrogens with one attached hydrogen (secondary N) is 3. The number of likely N-dealkylation sites (tertiary alicyclic amines) is 1. The molecule has 158 valence electrons. The number of amides is 3. The van der Waals surface area contributed by atoms with E-state index in [2.05, 4.69) is 20.9 Å². The second-order valence-corrected chi connectivity index (χ2v) is 7.50. The van der Waals surface area contributed by atoms with E-state index in [1.165, 1.54) is 6.92 Å². The van der Waals surface area contributed by atoms with Crippen molar-refractivity contribution in [2.45, 2.75) is 25.2 Å². The van der Waals surface area contributed by atoms with E-state index in [1.807, 2.05) is 23.1 Å². The summed E-state index contributed by atoms with van der Waals surface area (Å²) < 4.78 is 0. The van der Waals surface area contributed by atoms with Crippen LogP contribution in [0.15, 0.2) is 48.7 Å². The van der Waals surface area contributed by atoms with Gasteiger partial charge in [-0.25, -0.2) is 0 Å². The molecule has 1 aliphatic heterocycles. The van der Waals surface area contributed by atoms with Crippen molar-refractivity contribution in [1.82, 2.24) is 15.2 Å². The number of piperidine rings is 1. The minimum absolute atomic E-state index is 0.0835. The van der Waals surface area contributed by atoms with Crippen molar-refractivity contribution >= 4 is 29.1 Å². The molecule has 1 aromatic heterocycles. The molecule has 1 fully saturated rings. The Morgan fingerprint density at radius 2 is 1.77 bits per heavy atom. The van der Waals surface area contributed by atoms with E-state index in [4.69, 9.17) is 0 Å². The average molecular weight is 409 g/mol. The van der Waals surface area contributed by atoms with Crippen LogP contribution < -0.4 is 16.0 Å². The minimum Gasteiger partial charge on any atom is -0.358 e. The summed E-state index contributed by atoms with van der Waals surface area (Å²) in [5, 5.41) is 8.33. The van der Waals surface area contributed by atoms with Gasteiger partial charge in [-0.05, 0) is 55.8 Å². The maximum Gasteiger partial charge on any atom is 0.238 e. The maximum absolute atomic E-state index is 12.8. The van der Waals surface area contributed by atoms with Gasteiger partial charge in [-0.15, -0.1) is 0 Å². The Labute approximate surface area is 176 Å². The van der Waals surface area contributed by atoms with Crippen molar-refractivity contribution < 1.29 is 14.4 Å². The topological polar surface area (TPSA) is 103 Å². The highest BCUT2D eigenvalue weighted by Crippen LogP contribution is 2.33. The van der Waals surface area contributed by atoms with Gasteiger partial charge in [0.15, 0.2) is 0 Å². The minimum atomic E-state index is -0.769. The number of carbonyl (C=O) groups is 3. The van der Waals surface area contributed by atoms with Gasteiger partial charge in [0.2, 0.25) is 17.7 Å². The molecule has 1 atom stereocenters. The summed E-state index contributed by atoms with van der Waals surface area (Å²) in [5.74, 6) is -0.389. The quantitative estimate of drug-likeness (QED) is 0.675. The van der Waals surface area contributed by atoms with Crippen molar-refractivity contribution in [3.05, 3.63) is 54.4 Å². The highest BCUT2D eigenvalue weighted by Gasteiger charge is 2.44. The first-order chi connectivity index (χ1) is 14.4. The molecule has 2 heterocycles. The fourth-order valence-corrected chi connectivity index (χ4v) is 3.92. The van der Waals surface area contributed by atoms with Crippen LogP contribution in [0.25, 0.3) is 0 Å². The van der Waals surface area contributed by atoms with Crippen LogP contribution in [0.2, 0.25) is 0 Å². The van der Waals surface area contributed by atoms with Crippen LogP contribution >= 0.6 is 0 Å². The monoisotopic (exact) mass is 409 g/mol. The van der Waals surface area contributed by atoms with Gasteiger partial charge >= 0.3 is 0 Å². The largest absolute Gasteiger partial charge is 0.358 e. The molecule has 0 radical (unpaired) electrons. The summed E-state index contributed by atoms with van der Waals surface area (Å²) in [6, 6.07) is 12.5. The first kappa shape index (κ1) is 21.4. The number of nitrogens with zero attached hydrogens (tertiary/aromatic N) is 2. The molecule has 3 rings (SSSR count). The van der Waals surface area contributed by atoms with Crippen LogP contribution in [-0.2, 0) is 19.8 Å². The molecule has 8 heteroatoms. The molecule has 2 aromatic rings. The Balaban J connectivity index is 1.67. The molecule has 0 aliphatic carbocycles. The molecule has 0 saturated carbocycles. The normalized spacial score (nSPS) is 19.0. The molecule has 0 unspecified atom stereocenters. The fourth-order valence-electron chi connectivity index (χ4n) is 3.92. The third kappa shape index (κ3) is 5.01. The molecule has 0 bridgehead atoms. The van der Waals surface area contributed by atoms with Crippen LogP contribution in [0.5, 0.6) is 0 Å². The number of hydrogen-bond acceptors (Lipinski definition) is 5. The number of benzene rings is 1. The highest BCUT2D eigenvalue weighted by molar-refractivity contribution is 5.93. The first-order valence-electron chi connectivity index (χ1n) is 9.96. The van der Waals surface area contributed by atoms with E-state index in [0.717, 1.165) is 18.7 Å². The number of aromatic nitrogens is 1. The lowest BCUT2D eigenvalue weighted by molar-refractivity contribution is -0.130. The smallest absolute Gasteiger partial charge is 0.238 e. The van der Waals surface area contributed by atoms with E-state index in [-0.39, 0.29) is 24.3 Å². The molecule has 3 amide bonds. The number of likely N-dealkylation sites (N-methyl/N-ethyl adjacent to an activating group) is 1. The predicted octanol–water partition coefficient (Wildman–Crippen LogP) is 1.76. The number of carbonyl (C=O) groups excluding carboxylic acids is 3. The lowest BCUT2D eigenvalue weighted by atomic mass is 9.75. The van der Waals surface area contributed by atoms with E-state index < -0.39 is 5.41 Å². The van der Waals surface area contributed by atoms with Gasteiger partial charge in [-0.2, -0.15) is 0 Å². The summed E-state index contributed by atoms with van der Waals surface area (Å²) in [7, 11) is 1.63. The number of rotatable bonds is 6. The molecule has 1 saturated heterocycles. The summed E-state index contributed by atoms with van der Waals surface area (Å²) in [5.41, 5.74) is 1.27. The molecule has 1 aliphatic rings. The number of pyridine rings is 1. The standard InChI is InChI=1S/C22H27N5O3/c1-16(28)25-17-7-9-18(10-8-17)26-20(29)14-27-13-5-11-22(15-27,21(30)23-2)19-6-3-4-12-24-19/h3-4,6-10,12H,5,11,13-15H2,1-2H3,(H,23,30)(H,25,28)(H,26,29)/t22-/m0/s1. The van der Waals surface area contributed by atoms with Crippen LogP contribution in [-0.4, -0.2) is 54.3 Å². The summed E-state index contributed by atoms with van der Waals surface area (Å²) >= 11 is 0. The van der Waals surface area contributed by atoms with Gasteiger partial charge in [0.1, 0.15) is 5.41 Å². The Hall–Kier alpha value is -3.26. The van der Waals surface area contributed by atoms with Crippen molar-refractivity contribution in [3.8, 4) is 0 Å². The third-order valence-electron chi connectivity index (χ3n) is 5.24. The molecule has 1 aromatic carbocycles. The van der Waals surface area contributed by atoms with Gasteiger partial charge in [-0.3, -0.25) is 24.3 Å². The second kappa shape index (κ2) is 9.49. The maximum atomic E-state index is 12.8. The fraction of sp³-hybridized carbons (Fsp3) is 0.364. The van der Waals surface area contributed by atoms with Crippen molar-refractivity contribution in [1.29, 1.82) is 0 Å². The SMILES string of the molecule is CNC(=O)[C@@]1(c2ccccn2)CCCN(CC(=O)Nc2ccc(NC(C)=O)cc2)C1. The zero-order valence-electron chi connectivity index (χ0n) is 17.3. The zero-order valence-corrected chi connectivity index (χ0v) is 17.3. The Morgan fingerprint density at radius 3 is 2.37 bits per heavy atom. The molecular formula is C22H27N5O3. The Kier molecular flexibility index (Phi) is 6.79. The summed E-state index contributed by atoms with van der Waals surface area (Å²) in [6.45, 7) is 2.79. The average Bonchev–Trinajstić information content (AvgIpc) is 2.75. The van der Waals surface area contributed by atoms with Crippen molar-refractivity contribution in [3.63, 3.8) is 0 Å². The molecule has 0 spiro atoms. The summed E-state index contributed by atoms with van der Waals surface area (Å²) in [6.07, 6.45) is 3.17. The van der Waals surface area contributed by atoms with E-state index in [1.54, 1.807) is 37.5 Å². The molecule has 8 nitrogen and oxygen atoms in total. The first-order valence-corrected chi connectivity index (χ1v) is 9.96. The number of hydrogen-bond donors (Lipinski definition) is 3. The number of anilines is 2. The van der Waals surface area contributed by atoms with Gasteiger partial charge in [-0.1, -0.05) is 6.07 Å². The lowest BCUT2D eigenvalue weighted by Crippen LogP contribution is -2.55. The third-order valence-corrected chi connectivity index (χ3v) is 5.24. The Bertz CT molecular complexity index is 901. The zero-order chi connectivity index (χ0) is 21.6. The highest BCUT2D eigenvalue weighted by atomic mass is 16.2. The van der Waals surface area contributed by atoms with Crippen LogP contribution in [0.1, 0.15) is 25.5 Å².